The first-order chi connectivity index (χ1) is 6.36. The highest BCUT2D eigenvalue weighted by atomic mass is 16.3. The first kappa shape index (κ1) is 9.41. The largest absolute Gasteiger partial charge is 0.439 e. The molecule has 0 aliphatic heterocycles. The lowest BCUT2D eigenvalue weighted by molar-refractivity contribution is 0.542. The van der Waals surface area contributed by atoms with E-state index in [-0.39, 0.29) is 0 Å². The monoisotopic (exact) mass is 174 g/mol. The standard InChI is InChI=1S/C10H10N2O/c11-7-1-3-9-5-6-10(13-9)4-2-8-12/h5-6H,7-8,11-12H2. The molecule has 0 aliphatic carbocycles. The summed E-state index contributed by atoms with van der Waals surface area (Å²) in [5.74, 6) is 12.0. The molecular weight excluding hydrogens is 164 g/mol. The minimum Gasteiger partial charge on any atom is -0.439 e. The molecule has 0 atom stereocenters. The minimum atomic E-state index is 0.324. The molecule has 0 fully saturated rings. The van der Waals surface area contributed by atoms with E-state index in [0.29, 0.717) is 24.6 Å². The van der Waals surface area contributed by atoms with Gasteiger partial charge in [-0.1, -0.05) is 11.8 Å². The molecule has 1 rings (SSSR count). The van der Waals surface area contributed by atoms with Gasteiger partial charge in [0.05, 0.1) is 13.1 Å². The lowest BCUT2D eigenvalue weighted by Crippen LogP contribution is -1.92. The molecule has 0 amide bonds. The lowest BCUT2D eigenvalue weighted by atomic mass is 10.4. The molecule has 0 saturated heterocycles. The summed E-state index contributed by atoms with van der Waals surface area (Å²) in [4.78, 5) is 0. The van der Waals surface area contributed by atoms with Gasteiger partial charge in [-0.05, 0) is 24.0 Å². The predicted octanol–water partition coefficient (Wildman–Crippen LogP) is -0.1000. The van der Waals surface area contributed by atoms with Crippen LogP contribution in [0.5, 0.6) is 0 Å². The van der Waals surface area contributed by atoms with E-state index in [2.05, 4.69) is 23.7 Å². The summed E-state index contributed by atoms with van der Waals surface area (Å²) in [7, 11) is 0. The van der Waals surface area contributed by atoms with Crippen molar-refractivity contribution in [2.45, 2.75) is 0 Å². The van der Waals surface area contributed by atoms with Gasteiger partial charge in [-0.15, -0.1) is 0 Å². The highest BCUT2D eigenvalue weighted by Crippen LogP contribution is 2.04. The van der Waals surface area contributed by atoms with Gasteiger partial charge in [0, 0.05) is 0 Å². The fraction of sp³-hybridized carbons (Fsp3) is 0.200. The van der Waals surface area contributed by atoms with Crippen LogP contribution in [0.1, 0.15) is 11.5 Å². The van der Waals surface area contributed by atoms with Crippen LogP contribution in [-0.2, 0) is 0 Å². The van der Waals surface area contributed by atoms with Gasteiger partial charge in [-0.2, -0.15) is 0 Å². The van der Waals surface area contributed by atoms with Gasteiger partial charge in [-0.25, -0.2) is 0 Å². The Kier molecular flexibility index (Phi) is 3.66. The summed E-state index contributed by atoms with van der Waals surface area (Å²) in [6, 6.07) is 3.51. The Balaban J connectivity index is 2.75. The molecule has 0 spiro atoms. The molecule has 0 unspecified atom stereocenters. The van der Waals surface area contributed by atoms with E-state index in [0.717, 1.165) is 0 Å². The van der Waals surface area contributed by atoms with Crippen LogP contribution in [0.4, 0.5) is 0 Å². The van der Waals surface area contributed by atoms with Crippen molar-refractivity contribution >= 4 is 0 Å². The number of furan rings is 1. The zero-order valence-electron chi connectivity index (χ0n) is 7.13. The molecule has 0 radical (unpaired) electrons. The third-order valence-corrected chi connectivity index (χ3v) is 1.23. The Labute approximate surface area is 77.1 Å². The summed E-state index contributed by atoms with van der Waals surface area (Å²) >= 11 is 0. The fourth-order valence-corrected chi connectivity index (χ4v) is 0.749. The summed E-state index contributed by atoms with van der Waals surface area (Å²) in [6.45, 7) is 0.648. The minimum absolute atomic E-state index is 0.324. The molecule has 1 aromatic heterocycles. The number of nitrogens with two attached hydrogens (primary N) is 2. The van der Waals surface area contributed by atoms with Gasteiger partial charge >= 0.3 is 0 Å². The quantitative estimate of drug-likeness (QED) is 0.540. The van der Waals surface area contributed by atoms with Crippen molar-refractivity contribution < 1.29 is 4.42 Å². The van der Waals surface area contributed by atoms with E-state index >= 15 is 0 Å². The van der Waals surface area contributed by atoms with E-state index in [4.69, 9.17) is 15.9 Å². The SMILES string of the molecule is NCC#Cc1ccc(C#CCN)o1. The maximum absolute atomic E-state index is 5.23. The maximum atomic E-state index is 5.23. The average molecular weight is 174 g/mol. The van der Waals surface area contributed by atoms with Crippen molar-refractivity contribution in [3.63, 3.8) is 0 Å². The van der Waals surface area contributed by atoms with Crippen LogP contribution in [0.15, 0.2) is 16.5 Å². The van der Waals surface area contributed by atoms with Crippen LogP contribution in [0.2, 0.25) is 0 Å². The number of hydrogen-bond acceptors (Lipinski definition) is 3. The van der Waals surface area contributed by atoms with Crippen LogP contribution in [0.3, 0.4) is 0 Å². The van der Waals surface area contributed by atoms with Crippen molar-refractivity contribution in [3.8, 4) is 23.7 Å². The van der Waals surface area contributed by atoms with Crippen LogP contribution >= 0.6 is 0 Å². The lowest BCUT2D eigenvalue weighted by Gasteiger charge is -1.79. The Morgan fingerprint density at radius 3 is 1.85 bits per heavy atom. The summed E-state index contributed by atoms with van der Waals surface area (Å²) < 4.78 is 5.23. The molecule has 3 nitrogen and oxygen atoms in total. The first-order valence-electron chi connectivity index (χ1n) is 3.84. The van der Waals surface area contributed by atoms with Crippen LogP contribution < -0.4 is 11.5 Å². The molecule has 4 N–H and O–H groups in total. The maximum Gasteiger partial charge on any atom is 0.178 e. The topological polar surface area (TPSA) is 65.2 Å². The predicted molar refractivity (Wildman–Crippen MR) is 50.6 cm³/mol. The Morgan fingerprint density at radius 2 is 1.46 bits per heavy atom. The van der Waals surface area contributed by atoms with Crippen molar-refractivity contribution in [1.29, 1.82) is 0 Å². The molecule has 66 valence electrons. The van der Waals surface area contributed by atoms with Crippen LogP contribution in [0.25, 0.3) is 0 Å². The van der Waals surface area contributed by atoms with Crippen molar-refractivity contribution in [2.75, 3.05) is 13.1 Å². The van der Waals surface area contributed by atoms with Crippen LogP contribution in [-0.4, -0.2) is 13.1 Å². The van der Waals surface area contributed by atoms with Gasteiger partial charge in [-0.3, -0.25) is 0 Å². The number of rotatable bonds is 0. The highest BCUT2D eigenvalue weighted by molar-refractivity contribution is 5.33. The molecule has 1 heterocycles. The molecule has 13 heavy (non-hydrogen) atoms. The van der Waals surface area contributed by atoms with E-state index in [1.807, 2.05) is 0 Å². The van der Waals surface area contributed by atoms with E-state index in [1.165, 1.54) is 0 Å². The Morgan fingerprint density at radius 1 is 1.00 bits per heavy atom. The number of hydrogen-bond donors (Lipinski definition) is 2. The van der Waals surface area contributed by atoms with E-state index in [9.17, 15) is 0 Å². The Bertz CT molecular complexity index is 348. The fourth-order valence-electron chi connectivity index (χ4n) is 0.749. The zero-order chi connectivity index (χ0) is 9.52. The smallest absolute Gasteiger partial charge is 0.178 e. The zero-order valence-corrected chi connectivity index (χ0v) is 7.13. The highest BCUT2D eigenvalue weighted by Gasteiger charge is 1.93. The molecule has 0 saturated carbocycles. The normalized spacial score (nSPS) is 8.15. The van der Waals surface area contributed by atoms with Gasteiger partial charge in [0.25, 0.3) is 0 Å². The molecule has 0 aliphatic rings. The second-order valence-corrected chi connectivity index (χ2v) is 2.18. The molecule has 3 heteroatoms. The Hall–Kier alpha value is -1.68. The first-order valence-corrected chi connectivity index (χ1v) is 3.84. The average Bonchev–Trinajstić information content (AvgIpc) is 2.59. The van der Waals surface area contributed by atoms with Crippen molar-refractivity contribution in [3.05, 3.63) is 23.7 Å². The molecular formula is C10H10N2O. The van der Waals surface area contributed by atoms with E-state index < -0.39 is 0 Å². The molecule has 0 aromatic carbocycles. The summed E-state index contributed by atoms with van der Waals surface area (Å²) in [5.41, 5.74) is 10.4. The van der Waals surface area contributed by atoms with Gasteiger partial charge in [0.1, 0.15) is 0 Å². The van der Waals surface area contributed by atoms with Crippen LogP contribution in [0, 0.1) is 23.7 Å². The third-order valence-electron chi connectivity index (χ3n) is 1.23. The summed E-state index contributed by atoms with van der Waals surface area (Å²) in [6.07, 6.45) is 0. The van der Waals surface area contributed by atoms with E-state index in [1.54, 1.807) is 12.1 Å². The van der Waals surface area contributed by atoms with Gasteiger partial charge < -0.3 is 15.9 Å². The summed E-state index contributed by atoms with van der Waals surface area (Å²) in [5, 5.41) is 0. The van der Waals surface area contributed by atoms with Gasteiger partial charge in [0.15, 0.2) is 11.5 Å². The van der Waals surface area contributed by atoms with Crippen molar-refractivity contribution in [2.24, 2.45) is 11.5 Å². The molecule has 1 aromatic rings. The van der Waals surface area contributed by atoms with Gasteiger partial charge in [0.2, 0.25) is 0 Å². The second kappa shape index (κ2) is 5.05. The molecule has 0 bridgehead atoms. The van der Waals surface area contributed by atoms with Crippen molar-refractivity contribution in [1.82, 2.24) is 0 Å². The third kappa shape index (κ3) is 3.04. The second-order valence-electron chi connectivity index (χ2n) is 2.18.